The van der Waals surface area contributed by atoms with Gasteiger partial charge in [0.2, 0.25) is 0 Å². The van der Waals surface area contributed by atoms with Crippen molar-refractivity contribution in [3.63, 3.8) is 0 Å². The lowest BCUT2D eigenvalue weighted by Crippen LogP contribution is -2.08. The van der Waals surface area contributed by atoms with E-state index in [0.29, 0.717) is 0 Å². The van der Waals surface area contributed by atoms with Crippen LogP contribution in [0.4, 0.5) is 11.4 Å². The van der Waals surface area contributed by atoms with Crippen LogP contribution in [0.1, 0.15) is 31.0 Å². The lowest BCUT2D eigenvalue weighted by atomic mass is 9.96. The largest absolute Gasteiger partial charge is 0.354 e. The van der Waals surface area contributed by atoms with Crippen LogP contribution in [0.2, 0.25) is 0 Å². The third-order valence-corrected chi connectivity index (χ3v) is 4.89. The SMILES string of the molecule is CCn1c2c(c(Nc3ccccc3)c1-c1ccncc1)CCCC2. The summed E-state index contributed by atoms with van der Waals surface area (Å²) in [4.78, 5) is 4.19. The van der Waals surface area contributed by atoms with Crippen LogP contribution < -0.4 is 5.32 Å². The number of nitrogens with zero attached hydrogens (tertiary/aromatic N) is 2. The lowest BCUT2D eigenvalue weighted by molar-refractivity contribution is 0.625. The van der Waals surface area contributed by atoms with Crippen LogP contribution in [0.25, 0.3) is 11.3 Å². The number of para-hydroxylation sites is 1. The number of nitrogens with one attached hydrogen (secondary N) is 1. The summed E-state index contributed by atoms with van der Waals surface area (Å²) in [6.45, 7) is 3.24. The monoisotopic (exact) mass is 317 g/mol. The second-order valence-corrected chi connectivity index (χ2v) is 6.33. The Morgan fingerprint density at radius 3 is 2.50 bits per heavy atom. The van der Waals surface area contributed by atoms with Gasteiger partial charge in [0.25, 0.3) is 0 Å². The third-order valence-electron chi connectivity index (χ3n) is 4.89. The zero-order valence-corrected chi connectivity index (χ0v) is 14.1. The summed E-state index contributed by atoms with van der Waals surface area (Å²) in [5.74, 6) is 0. The number of rotatable bonds is 4. The number of aromatic nitrogens is 2. The molecule has 122 valence electrons. The number of pyridine rings is 1. The van der Waals surface area contributed by atoms with Crippen molar-refractivity contribution >= 4 is 11.4 Å². The zero-order chi connectivity index (χ0) is 16.4. The summed E-state index contributed by atoms with van der Waals surface area (Å²) >= 11 is 0. The van der Waals surface area contributed by atoms with Gasteiger partial charge in [0, 0.05) is 35.9 Å². The number of hydrogen-bond acceptors (Lipinski definition) is 2. The van der Waals surface area contributed by atoms with Gasteiger partial charge in [0.05, 0.1) is 11.4 Å². The van der Waals surface area contributed by atoms with E-state index in [2.05, 4.69) is 64.3 Å². The molecule has 1 aliphatic carbocycles. The fourth-order valence-corrected chi connectivity index (χ4v) is 3.83. The average molecular weight is 317 g/mol. The van der Waals surface area contributed by atoms with Gasteiger partial charge in [-0.3, -0.25) is 4.98 Å². The van der Waals surface area contributed by atoms with Crippen molar-refractivity contribution in [3.8, 4) is 11.3 Å². The van der Waals surface area contributed by atoms with Gasteiger partial charge in [0.15, 0.2) is 0 Å². The molecule has 0 fully saturated rings. The number of hydrogen-bond donors (Lipinski definition) is 1. The van der Waals surface area contributed by atoms with Gasteiger partial charge < -0.3 is 9.88 Å². The summed E-state index contributed by atoms with van der Waals surface area (Å²) in [7, 11) is 0. The van der Waals surface area contributed by atoms with E-state index in [-0.39, 0.29) is 0 Å². The Morgan fingerprint density at radius 1 is 1.00 bits per heavy atom. The van der Waals surface area contributed by atoms with Crippen LogP contribution in [0.3, 0.4) is 0 Å². The maximum absolute atomic E-state index is 4.19. The first-order valence-corrected chi connectivity index (χ1v) is 8.85. The summed E-state index contributed by atoms with van der Waals surface area (Å²) in [5.41, 5.74) is 7.97. The minimum Gasteiger partial charge on any atom is -0.354 e. The molecule has 0 atom stereocenters. The summed E-state index contributed by atoms with van der Waals surface area (Å²) in [5, 5.41) is 3.71. The highest BCUT2D eigenvalue weighted by Gasteiger charge is 2.25. The molecule has 2 aromatic heterocycles. The quantitative estimate of drug-likeness (QED) is 0.717. The minimum absolute atomic E-state index is 0.996. The molecular weight excluding hydrogens is 294 g/mol. The normalized spacial score (nSPS) is 13.5. The molecule has 24 heavy (non-hydrogen) atoms. The summed E-state index contributed by atoms with van der Waals surface area (Å²) in [6, 6.07) is 14.7. The molecule has 0 unspecified atom stereocenters. The number of fused-ring (bicyclic) bond motifs is 1. The van der Waals surface area contributed by atoms with Crippen molar-refractivity contribution in [2.45, 2.75) is 39.2 Å². The predicted molar refractivity (Wildman–Crippen MR) is 99.7 cm³/mol. The van der Waals surface area contributed by atoms with Crippen LogP contribution in [0.15, 0.2) is 54.9 Å². The molecule has 2 heterocycles. The lowest BCUT2D eigenvalue weighted by Gasteiger charge is -2.15. The van der Waals surface area contributed by atoms with Crippen molar-refractivity contribution in [1.29, 1.82) is 0 Å². The molecule has 3 aromatic rings. The Labute approximate surface area is 143 Å². The van der Waals surface area contributed by atoms with E-state index >= 15 is 0 Å². The molecule has 0 saturated carbocycles. The van der Waals surface area contributed by atoms with Gasteiger partial charge in [-0.25, -0.2) is 0 Å². The van der Waals surface area contributed by atoms with Crippen LogP contribution in [-0.4, -0.2) is 9.55 Å². The zero-order valence-electron chi connectivity index (χ0n) is 14.1. The van der Waals surface area contributed by atoms with Crippen LogP contribution in [0, 0.1) is 0 Å². The molecule has 0 spiro atoms. The first kappa shape index (κ1) is 15.0. The summed E-state index contributed by atoms with van der Waals surface area (Å²) < 4.78 is 2.50. The van der Waals surface area contributed by atoms with E-state index in [4.69, 9.17) is 0 Å². The Balaban J connectivity index is 1.91. The number of anilines is 2. The molecule has 0 amide bonds. The second kappa shape index (κ2) is 6.52. The predicted octanol–water partition coefficient (Wildman–Crippen LogP) is 5.19. The standard InChI is InChI=1S/C21H23N3/c1-2-24-19-11-7-6-10-18(19)20(23-17-8-4-3-5-9-17)21(24)16-12-14-22-15-13-16/h3-5,8-9,12-15,23H,2,6-7,10-11H2,1H3. The van der Waals surface area contributed by atoms with Crippen LogP contribution in [0.5, 0.6) is 0 Å². The molecule has 1 N–H and O–H groups in total. The van der Waals surface area contributed by atoms with Gasteiger partial charge >= 0.3 is 0 Å². The maximum atomic E-state index is 4.19. The van der Waals surface area contributed by atoms with E-state index in [0.717, 1.165) is 18.7 Å². The van der Waals surface area contributed by atoms with Crippen molar-refractivity contribution < 1.29 is 0 Å². The third kappa shape index (κ3) is 2.60. The molecule has 0 radical (unpaired) electrons. The molecule has 4 rings (SSSR count). The second-order valence-electron chi connectivity index (χ2n) is 6.33. The minimum atomic E-state index is 0.996. The van der Waals surface area contributed by atoms with E-state index in [1.165, 1.54) is 47.5 Å². The van der Waals surface area contributed by atoms with E-state index < -0.39 is 0 Å². The molecule has 0 saturated heterocycles. The Bertz CT molecular complexity index is 819. The molecular formula is C21H23N3. The Morgan fingerprint density at radius 2 is 1.75 bits per heavy atom. The average Bonchev–Trinajstić information content (AvgIpc) is 2.97. The van der Waals surface area contributed by atoms with E-state index in [1.54, 1.807) is 0 Å². The fourth-order valence-electron chi connectivity index (χ4n) is 3.83. The van der Waals surface area contributed by atoms with Crippen LogP contribution in [-0.2, 0) is 19.4 Å². The highest BCUT2D eigenvalue weighted by Crippen LogP contribution is 2.41. The van der Waals surface area contributed by atoms with Gasteiger partial charge in [-0.15, -0.1) is 0 Å². The first-order chi connectivity index (χ1) is 11.9. The van der Waals surface area contributed by atoms with Gasteiger partial charge in [0.1, 0.15) is 0 Å². The molecule has 3 nitrogen and oxygen atoms in total. The smallest absolute Gasteiger partial charge is 0.0725 e. The van der Waals surface area contributed by atoms with E-state index in [9.17, 15) is 0 Å². The number of benzene rings is 1. The van der Waals surface area contributed by atoms with E-state index in [1.807, 2.05) is 12.4 Å². The first-order valence-electron chi connectivity index (χ1n) is 8.85. The maximum Gasteiger partial charge on any atom is 0.0725 e. The fraction of sp³-hybridized carbons (Fsp3) is 0.286. The highest BCUT2D eigenvalue weighted by atomic mass is 15.0. The highest BCUT2D eigenvalue weighted by molar-refractivity contribution is 5.83. The molecule has 1 aliphatic rings. The van der Waals surface area contributed by atoms with Gasteiger partial charge in [-0.1, -0.05) is 18.2 Å². The van der Waals surface area contributed by atoms with Crippen LogP contribution >= 0.6 is 0 Å². The molecule has 0 bridgehead atoms. The van der Waals surface area contributed by atoms with Crippen molar-refractivity contribution in [1.82, 2.24) is 9.55 Å². The molecule has 1 aromatic carbocycles. The molecule has 3 heteroatoms. The molecule has 0 aliphatic heterocycles. The summed E-state index contributed by atoms with van der Waals surface area (Å²) in [6.07, 6.45) is 8.67. The topological polar surface area (TPSA) is 29.9 Å². The van der Waals surface area contributed by atoms with Gasteiger partial charge in [-0.2, -0.15) is 0 Å². The Hall–Kier alpha value is -2.55. The van der Waals surface area contributed by atoms with Crippen molar-refractivity contribution in [2.75, 3.05) is 5.32 Å². The van der Waals surface area contributed by atoms with Crippen molar-refractivity contribution in [3.05, 3.63) is 66.1 Å². The van der Waals surface area contributed by atoms with Gasteiger partial charge in [-0.05, 0) is 62.4 Å². The Kier molecular flexibility index (Phi) is 4.08. The van der Waals surface area contributed by atoms with Crippen molar-refractivity contribution in [2.24, 2.45) is 0 Å².